The molecule has 110 valence electrons. The predicted octanol–water partition coefficient (Wildman–Crippen LogP) is 1.72. The molecule has 0 aromatic heterocycles. The average molecular weight is 352 g/mol. The average Bonchev–Trinajstić information content (AvgIpc) is 3.06. The quantitative estimate of drug-likeness (QED) is 0.810. The molecule has 2 aliphatic rings. The van der Waals surface area contributed by atoms with Gasteiger partial charge in [-0.1, -0.05) is 46.3 Å². The van der Waals surface area contributed by atoms with Gasteiger partial charge in [-0.2, -0.15) is 0 Å². The van der Waals surface area contributed by atoms with Crippen LogP contribution in [0.4, 0.5) is 0 Å². The Kier molecular flexibility index (Phi) is 3.82. The summed E-state index contributed by atoms with van der Waals surface area (Å²) >= 11 is 3.42. The van der Waals surface area contributed by atoms with Crippen molar-refractivity contribution in [2.45, 2.75) is 18.8 Å². The number of halogens is 1. The second-order valence-electron chi connectivity index (χ2n) is 5.15. The largest absolute Gasteiger partial charge is 0.481 e. The maximum absolute atomic E-state index is 12.3. The maximum atomic E-state index is 12.3. The Balaban J connectivity index is 1.69. The molecule has 1 aromatic carbocycles. The molecule has 6 heteroatoms. The van der Waals surface area contributed by atoms with Crippen LogP contribution in [0.1, 0.15) is 5.56 Å². The van der Waals surface area contributed by atoms with E-state index in [1.165, 1.54) is 0 Å². The zero-order valence-corrected chi connectivity index (χ0v) is 12.6. The lowest BCUT2D eigenvalue weighted by atomic mass is 9.82. The van der Waals surface area contributed by atoms with Crippen molar-refractivity contribution in [3.63, 3.8) is 0 Å². The molecule has 2 bridgehead atoms. The minimum Gasteiger partial charge on any atom is -0.481 e. The normalized spacial score (nSPS) is 29.6. The van der Waals surface area contributed by atoms with Crippen LogP contribution in [0, 0.1) is 11.8 Å². The van der Waals surface area contributed by atoms with Gasteiger partial charge in [0.25, 0.3) is 0 Å². The number of rotatable bonds is 4. The van der Waals surface area contributed by atoms with E-state index in [1.807, 2.05) is 24.3 Å². The predicted molar refractivity (Wildman–Crippen MR) is 78.4 cm³/mol. The van der Waals surface area contributed by atoms with Gasteiger partial charge in [-0.05, 0) is 11.6 Å². The number of fused-ring (bicyclic) bond motifs is 2. The van der Waals surface area contributed by atoms with E-state index in [9.17, 15) is 14.7 Å². The standard InChI is InChI=1S/C15H14BrNO4/c16-9-4-2-1-3-8(9)7-17-14(18)12-10-5-6-11(21-10)13(12)15(19)20/h1-6,10-13H,7H2,(H,17,18)(H,19,20)/t10-,11+,12+,13-/m0/s1. The van der Waals surface area contributed by atoms with E-state index in [1.54, 1.807) is 12.2 Å². The van der Waals surface area contributed by atoms with Crippen LogP contribution >= 0.6 is 15.9 Å². The SMILES string of the molecule is O=C(O)[C@@H]1[C@H](C(=O)NCc2ccccc2Br)[C@@H]2C=C[C@H]1O2. The van der Waals surface area contributed by atoms with Crippen LogP contribution in [0.15, 0.2) is 40.9 Å². The number of ether oxygens (including phenoxy) is 1. The number of aliphatic carboxylic acids is 1. The first kappa shape index (κ1) is 14.3. The molecular weight excluding hydrogens is 338 g/mol. The van der Waals surface area contributed by atoms with Gasteiger partial charge in [0.2, 0.25) is 5.91 Å². The summed E-state index contributed by atoms with van der Waals surface area (Å²) in [5.41, 5.74) is 0.942. The highest BCUT2D eigenvalue weighted by Crippen LogP contribution is 2.39. The van der Waals surface area contributed by atoms with Gasteiger partial charge in [0.15, 0.2) is 0 Å². The Morgan fingerprint density at radius 2 is 1.86 bits per heavy atom. The van der Waals surface area contributed by atoms with E-state index in [4.69, 9.17) is 4.74 Å². The summed E-state index contributed by atoms with van der Waals surface area (Å²) in [6.07, 6.45) is 2.57. The number of benzene rings is 1. The Morgan fingerprint density at radius 1 is 1.19 bits per heavy atom. The van der Waals surface area contributed by atoms with Crippen molar-refractivity contribution in [2.24, 2.45) is 11.8 Å². The van der Waals surface area contributed by atoms with E-state index < -0.39 is 30.0 Å². The number of amides is 1. The summed E-state index contributed by atoms with van der Waals surface area (Å²) in [6, 6.07) is 7.57. The Hall–Kier alpha value is -1.66. The first-order chi connectivity index (χ1) is 10.1. The highest BCUT2D eigenvalue weighted by atomic mass is 79.9. The van der Waals surface area contributed by atoms with Crippen LogP contribution < -0.4 is 5.32 Å². The molecule has 3 rings (SSSR count). The summed E-state index contributed by atoms with van der Waals surface area (Å²) in [4.78, 5) is 23.7. The molecule has 0 unspecified atom stereocenters. The smallest absolute Gasteiger partial charge is 0.310 e. The van der Waals surface area contributed by atoms with Gasteiger partial charge in [0.1, 0.15) is 5.92 Å². The van der Waals surface area contributed by atoms with Gasteiger partial charge in [-0.15, -0.1) is 0 Å². The molecule has 0 radical (unpaired) electrons. The lowest BCUT2D eigenvalue weighted by Crippen LogP contribution is -2.42. The molecule has 1 saturated heterocycles. The number of carboxylic acids is 1. The number of carbonyl (C=O) groups excluding carboxylic acids is 1. The van der Waals surface area contributed by atoms with E-state index in [-0.39, 0.29) is 5.91 Å². The zero-order valence-electron chi connectivity index (χ0n) is 11.0. The van der Waals surface area contributed by atoms with Crippen molar-refractivity contribution in [1.82, 2.24) is 5.32 Å². The number of carbonyl (C=O) groups is 2. The Labute approximate surface area is 130 Å². The highest BCUT2D eigenvalue weighted by molar-refractivity contribution is 9.10. The molecule has 1 aromatic rings. The number of hydrogen-bond donors (Lipinski definition) is 2. The van der Waals surface area contributed by atoms with Crippen molar-refractivity contribution in [1.29, 1.82) is 0 Å². The number of nitrogens with one attached hydrogen (secondary N) is 1. The summed E-state index contributed by atoms with van der Waals surface area (Å²) < 4.78 is 6.40. The molecule has 1 amide bonds. The van der Waals surface area contributed by atoms with E-state index >= 15 is 0 Å². The molecule has 2 heterocycles. The van der Waals surface area contributed by atoms with Crippen LogP contribution in [-0.2, 0) is 20.9 Å². The topological polar surface area (TPSA) is 75.6 Å². The van der Waals surface area contributed by atoms with Crippen LogP contribution in [0.2, 0.25) is 0 Å². The molecule has 4 atom stereocenters. The van der Waals surface area contributed by atoms with Crippen LogP contribution in [0.3, 0.4) is 0 Å². The monoisotopic (exact) mass is 351 g/mol. The minimum atomic E-state index is -0.993. The fourth-order valence-corrected chi connectivity index (χ4v) is 3.28. The van der Waals surface area contributed by atoms with Gasteiger partial charge in [0.05, 0.1) is 18.1 Å². The van der Waals surface area contributed by atoms with E-state index in [0.717, 1.165) is 10.0 Å². The third-order valence-electron chi connectivity index (χ3n) is 3.90. The summed E-state index contributed by atoms with van der Waals surface area (Å²) in [5.74, 6) is -2.75. The Morgan fingerprint density at radius 3 is 2.52 bits per heavy atom. The minimum absolute atomic E-state index is 0.282. The van der Waals surface area contributed by atoms with Crippen molar-refractivity contribution in [2.75, 3.05) is 0 Å². The van der Waals surface area contributed by atoms with Gasteiger partial charge in [-0.25, -0.2) is 0 Å². The number of hydrogen-bond acceptors (Lipinski definition) is 3. The van der Waals surface area contributed by atoms with Crippen LogP contribution in [0.5, 0.6) is 0 Å². The molecule has 1 fully saturated rings. The fraction of sp³-hybridized carbons (Fsp3) is 0.333. The van der Waals surface area contributed by atoms with E-state index in [0.29, 0.717) is 6.54 Å². The highest BCUT2D eigenvalue weighted by Gasteiger charge is 2.53. The molecule has 0 spiro atoms. The van der Waals surface area contributed by atoms with Crippen molar-refractivity contribution < 1.29 is 19.4 Å². The second-order valence-corrected chi connectivity index (χ2v) is 6.00. The fourth-order valence-electron chi connectivity index (χ4n) is 2.86. The van der Waals surface area contributed by atoms with E-state index in [2.05, 4.69) is 21.2 Å². The third kappa shape index (κ3) is 2.61. The first-order valence-electron chi connectivity index (χ1n) is 6.65. The molecule has 0 saturated carbocycles. The first-order valence-corrected chi connectivity index (χ1v) is 7.45. The lowest BCUT2D eigenvalue weighted by molar-refractivity contribution is -0.146. The molecule has 0 aliphatic carbocycles. The molecule has 2 aliphatic heterocycles. The number of carboxylic acid groups (broad SMARTS) is 1. The molecular formula is C15H14BrNO4. The van der Waals surface area contributed by atoms with Crippen LogP contribution in [-0.4, -0.2) is 29.2 Å². The summed E-state index contributed by atoms with van der Waals surface area (Å²) in [7, 11) is 0. The van der Waals surface area contributed by atoms with Gasteiger partial charge in [-0.3, -0.25) is 9.59 Å². The molecule has 5 nitrogen and oxygen atoms in total. The summed E-state index contributed by atoms with van der Waals surface area (Å²) in [6.45, 7) is 0.351. The maximum Gasteiger partial charge on any atom is 0.310 e. The van der Waals surface area contributed by atoms with Crippen molar-refractivity contribution >= 4 is 27.8 Å². The third-order valence-corrected chi connectivity index (χ3v) is 4.67. The van der Waals surface area contributed by atoms with Crippen molar-refractivity contribution in [3.05, 3.63) is 46.5 Å². The van der Waals surface area contributed by atoms with Gasteiger partial charge in [0, 0.05) is 11.0 Å². The van der Waals surface area contributed by atoms with Gasteiger partial charge >= 0.3 is 5.97 Å². The van der Waals surface area contributed by atoms with Crippen LogP contribution in [0.25, 0.3) is 0 Å². The molecule has 2 N–H and O–H groups in total. The molecule has 21 heavy (non-hydrogen) atoms. The Bertz CT molecular complexity index is 615. The lowest BCUT2D eigenvalue weighted by Gasteiger charge is -2.21. The summed E-state index contributed by atoms with van der Waals surface area (Å²) in [5, 5.41) is 12.1. The van der Waals surface area contributed by atoms with Gasteiger partial charge < -0.3 is 15.2 Å². The second kappa shape index (κ2) is 5.61. The van der Waals surface area contributed by atoms with Crippen molar-refractivity contribution in [3.8, 4) is 0 Å². The zero-order chi connectivity index (χ0) is 15.0.